The van der Waals surface area contributed by atoms with Gasteiger partial charge in [-0.2, -0.15) is 5.10 Å². The molecule has 3 aromatic rings. The number of nitrogens with one attached hydrogen (secondary N) is 1. The fourth-order valence-corrected chi connectivity index (χ4v) is 3.18. The van der Waals surface area contributed by atoms with E-state index >= 15 is 0 Å². The Morgan fingerprint density at radius 2 is 1.94 bits per heavy atom. The summed E-state index contributed by atoms with van der Waals surface area (Å²) in [6.45, 7) is 2.90. The van der Waals surface area contributed by atoms with Crippen molar-refractivity contribution in [2.45, 2.75) is 13.8 Å². The highest BCUT2D eigenvalue weighted by molar-refractivity contribution is 6.31. The molecule has 0 aliphatic heterocycles. The van der Waals surface area contributed by atoms with Gasteiger partial charge in [0.25, 0.3) is 11.6 Å². The fraction of sp³-hybridized carbons (Fsp3) is 0.136. The van der Waals surface area contributed by atoms with Crippen molar-refractivity contribution in [1.29, 1.82) is 0 Å². The van der Waals surface area contributed by atoms with Gasteiger partial charge in [-0.25, -0.2) is 13.9 Å². The van der Waals surface area contributed by atoms with Gasteiger partial charge >= 0.3 is 5.97 Å². The van der Waals surface area contributed by atoms with Crippen molar-refractivity contribution >= 4 is 40.9 Å². The van der Waals surface area contributed by atoms with E-state index in [1.807, 2.05) is 0 Å². The van der Waals surface area contributed by atoms with Crippen LogP contribution in [0, 0.1) is 29.8 Å². The molecule has 0 saturated carbocycles. The molecule has 9 nitrogen and oxygen atoms in total. The minimum Gasteiger partial charge on any atom is -0.452 e. The predicted octanol–water partition coefficient (Wildman–Crippen LogP) is 4.38. The van der Waals surface area contributed by atoms with Gasteiger partial charge in [-0.15, -0.1) is 0 Å². The third-order valence-electron chi connectivity index (χ3n) is 4.58. The summed E-state index contributed by atoms with van der Waals surface area (Å²) < 4.78 is 19.7. The van der Waals surface area contributed by atoms with Gasteiger partial charge in [0, 0.05) is 28.4 Å². The Morgan fingerprint density at radius 1 is 1.24 bits per heavy atom. The Hall–Kier alpha value is -4.05. The van der Waals surface area contributed by atoms with Gasteiger partial charge in [0.1, 0.15) is 11.5 Å². The molecule has 170 valence electrons. The number of nitro groups is 1. The number of hydrogen-bond acceptors (Lipinski definition) is 6. The number of carbonyl (C=O) groups excluding carboxylic acids is 2. The molecular formula is C22H18ClFN4O5. The largest absolute Gasteiger partial charge is 0.452 e. The number of esters is 1. The van der Waals surface area contributed by atoms with Crippen LogP contribution in [-0.2, 0) is 14.3 Å². The van der Waals surface area contributed by atoms with Crippen LogP contribution in [0.4, 0.5) is 15.8 Å². The average molecular weight is 473 g/mol. The van der Waals surface area contributed by atoms with E-state index in [0.29, 0.717) is 16.9 Å². The molecular weight excluding hydrogens is 455 g/mol. The van der Waals surface area contributed by atoms with Crippen molar-refractivity contribution in [3.63, 3.8) is 0 Å². The van der Waals surface area contributed by atoms with Gasteiger partial charge in [0.05, 0.1) is 16.3 Å². The van der Waals surface area contributed by atoms with Gasteiger partial charge in [-0.05, 0) is 56.3 Å². The molecule has 0 unspecified atom stereocenters. The van der Waals surface area contributed by atoms with E-state index in [1.54, 1.807) is 30.7 Å². The molecule has 1 aromatic heterocycles. The Labute approximate surface area is 192 Å². The van der Waals surface area contributed by atoms with Crippen LogP contribution in [-0.4, -0.2) is 33.2 Å². The number of amides is 1. The first-order valence-corrected chi connectivity index (χ1v) is 9.94. The van der Waals surface area contributed by atoms with Crippen molar-refractivity contribution in [3.8, 4) is 5.69 Å². The summed E-state index contributed by atoms with van der Waals surface area (Å²) >= 11 is 5.74. The van der Waals surface area contributed by atoms with E-state index in [0.717, 1.165) is 17.8 Å². The summed E-state index contributed by atoms with van der Waals surface area (Å²) in [6, 6.07) is 9.58. The van der Waals surface area contributed by atoms with Crippen LogP contribution in [0.3, 0.4) is 0 Å². The Bertz CT molecular complexity index is 1250. The van der Waals surface area contributed by atoms with Crippen LogP contribution in [0.2, 0.25) is 5.02 Å². The lowest BCUT2D eigenvalue weighted by atomic mass is 10.2. The maximum absolute atomic E-state index is 13.2. The number of hydrogen-bond donors (Lipinski definition) is 1. The maximum atomic E-state index is 13.2. The zero-order valence-corrected chi connectivity index (χ0v) is 18.3. The third-order valence-corrected chi connectivity index (χ3v) is 4.82. The van der Waals surface area contributed by atoms with E-state index in [2.05, 4.69) is 10.4 Å². The van der Waals surface area contributed by atoms with Gasteiger partial charge in [-0.1, -0.05) is 11.6 Å². The Kier molecular flexibility index (Phi) is 7.19. The number of nitro benzene ring substituents is 1. The first kappa shape index (κ1) is 23.6. The van der Waals surface area contributed by atoms with Crippen LogP contribution >= 0.6 is 11.6 Å². The number of halogens is 2. The van der Waals surface area contributed by atoms with Gasteiger partial charge in [0.2, 0.25) is 0 Å². The summed E-state index contributed by atoms with van der Waals surface area (Å²) in [4.78, 5) is 34.5. The number of aromatic nitrogens is 2. The number of carbonyl (C=O) groups is 2. The quantitative estimate of drug-likeness (QED) is 0.236. The number of benzene rings is 2. The summed E-state index contributed by atoms with van der Waals surface area (Å²) in [5, 5.41) is 17.9. The maximum Gasteiger partial charge on any atom is 0.331 e. The van der Waals surface area contributed by atoms with Crippen molar-refractivity contribution < 1.29 is 23.6 Å². The normalized spacial score (nSPS) is 10.9. The SMILES string of the molecule is Cc1nn(-c2ccc(F)cc2)c(C)c1/C=C/C(=O)OCC(=O)Nc1ccc(Cl)cc1[N+](=O)[O-]. The Morgan fingerprint density at radius 3 is 2.61 bits per heavy atom. The topological polar surface area (TPSA) is 116 Å². The van der Waals surface area contributed by atoms with Crippen molar-refractivity contribution in [3.05, 3.63) is 86.4 Å². The molecule has 0 spiro atoms. The average Bonchev–Trinajstić information content (AvgIpc) is 3.05. The summed E-state index contributed by atoms with van der Waals surface area (Å²) in [6.07, 6.45) is 2.64. The van der Waals surface area contributed by atoms with Crippen molar-refractivity contribution in [1.82, 2.24) is 9.78 Å². The van der Waals surface area contributed by atoms with Crippen LogP contribution in [0.25, 0.3) is 11.8 Å². The van der Waals surface area contributed by atoms with E-state index in [1.165, 1.54) is 30.3 Å². The molecule has 33 heavy (non-hydrogen) atoms. The molecule has 1 heterocycles. The summed E-state index contributed by atoms with van der Waals surface area (Å²) in [7, 11) is 0. The second-order valence-electron chi connectivity index (χ2n) is 6.88. The van der Waals surface area contributed by atoms with Crippen LogP contribution in [0.1, 0.15) is 17.0 Å². The standard InChI is InChI=1S/C22H18ClFN4O5/c1-13-18(14(2)27(26-13)17-6-4-16(24)5-7-17)8-10-22(30)33-12-21(29)25-19-9-3-15(23)11-20(19)28(31)32/h3-11H,12H2,1-2H3,(H,25,29)/b10-8+. The lowest BCUT2D eigenvalue weighted by Crippen LogP contribution is -2.20. The fourth-order valence-electron chi connectivity index (χ4n) is 3.01. The number of rotatable bonds is 7. The monoisotopic (exact) mass is 472 g/mol. The zero-order valence-electron chi connectivity index (χ0n) is 17.5. The highest BCUT2D eigenvalue weighted by Crippen LogP contribution is 2.27. The lowest BCUT2D eigenvalue weighted by Gasteiger charge is -2.06. The molecule has 0 bridgehead atoms. The second-order valence-corrected chi connectivity index (χ2v) is 7.32. The molecule has 0 fully saturated rings. The molecule has 0 atom stereocenters. The minimum atomic E-state index is -0.788. The number of nitrogens with zero attached hydrogens (tertiary/aromatic N) is 3. The predicted molar refractivity (Wildman–Crippen MR) is 120 cm³/mol. The van der Waals surface area contributed by atoms with Crippen LogP contribution < -0.4 is 5.32 Å². The molecule has 11 heteroatoms. The molecule has 1 N–H and O–H groups in total. The molecule has 0 radical (unpaired) electrons. The number of aryl methyl sites for hydroxylation is 1. The highest BCUT2D eigenvalue weighted by atomic mass is 35.5. The highest BCUT2D eigenvalue weighted by Gasteiger charge is 2.17. The molecule has 0 aliphatic rings. The van der Waals surface area contributed by atoms with Crippen LogP contribution in [0.5, 0.6) is 0 Å². The molecule has 1 amide bonds. The van der Waals surface area contributed by atoms with E-state index in [9.17, 15) is 24.1 Å². The smallest absolute Gasteiger partial charge is 0.331 e. The molecule has 2 aromatic carbocycles. The van der Waals surface area contributed by atoms with Gasteiger partial charge < -0.3 is 10.1 Å². The summed E-state index contributed by atoms with van der Waals surface area (Å²) in [5.41, 5.74) is 2.22. The van der Waals surface area contributed by atoms with E-state index < -0.39 is 23.4 Å². The van der Waals surface area contributed by atoms with E-state index in [4.69, 9.17) is 16.3 Å². The van der Waals surface area contributed by atoms with Gasteiger partial charge in [0.15, 0.2) is 6.61 Å². The molecule has 0 saturated heterocycles. The second kappa shape index (κ2) is 10.0. The van der Waals surface area contributed by atoms with Crippen LogP contribution in [0.15, 0.2) is 48.5 Å². The van der Waals surface area contributed by atoms with E-state index in [-0.39, 0.29) is 22.2 Å². The lowest BCUT2D eigenvalue weighted by molar-refractivity contribution is -0.383. The third kappa shape index (κ3) is 5.80. The Balaban J connectivity index is 1.62. The molecule has 3 rings (SSSR count). The first-order chi connectivity index (χ1) is 15.7. The molecule has 0 aliphatic carbocycles. The van der Waals surface area contributed by atoms with Crippen molar-refractivity contribution in [2.24, 2.45) is 0 Å². The van der Waals surface area contributed by atoms with Gasteiger partial charge in [-0.3, -0.25) is 14.9 Å². The van der Waals surface area contributed by atoms with Crippen molar-refractivity contribution in [2.75, 3.05) is 11.9 Å². The minimum absolute atomic E-state index is 0.0690. The summed E-state index contributed by atoms with van der Waals surface area (Å²) in [5.74, 6) is -1.90. The number of anilines is 1. The zero-order chi connectivity index (χ0) is 24.1. The first-order valence-electron chi connectivity index (χ1n) is 9.56. The number of ether oxygens (including phenoxy) is 1.